The summed E-state index contributed by atoms with van der Waals surface area (Å²) in [6.45, 7) is 0. The van der Waals surface area contributed by atoms with Gasteiger partial charge in [0.15, 0.2) is 5.16 Å². The highest BCUT2D eigenvalue weighted by molar-refractivity contribution is 7.98. The lowest BCUT2D eigenvalue weighted by molar-refractivity contribution is 0.660. The number of thioether (sulfide) groups is 1. The van der Waals surface area contributed by atoms with Crippen molar-refractivity contribution in [2.45, 2.75) is 29.7 Å². The van der Waals surface area contributed by atoms with E-state index in [2.05, 4.69) is 36.9 Å². The average molecular weight is 415 g/mol. The first-order chi connectivity index (χ1) is 14.8. The summed E-state index contributed by atoms with van der Waals surface area (Å²) in [7, 11) is 0. The molecule has 0 aliphatic heterocycles. The smallest absolute Gasteiger partial charge is 0.294 e. The predicted octanol–water partition coefficient (Wildman–Crippen LogP) is 4.42. The molecule has 0 saturated heterocycles. The van der Waals surface area contributed by atoms with E-state index in [1.165, 1.54) is 11.8 Å². The van der Waals surface area contributed by atoms with Gasteiger partial charge in [0.2, 0.25) is 5.58 Å². The monoisotopic (exact) mass is 415 g/mol. The molecule has 0 amide bonds. The van der Waals surface area contributed by atoms with Gasteiger partial charge >= 0.3 is 0 Å². The third-order valence-corrected chi connectivity index (χ3v) is 6.17. The van der Waals surface area contributed by atoms with Crippen LogP contribution in [0.1, 0.15) is 30.4 Å². The number of benzene rings is 2. The zero-order valence-electron chi connectivity index (χ0n) is 15.9. The lowest BCUT2D eigenvalue weighted by Gasteiger charge is -2.09. The van der Waals surface area contributed by atoms with Crippen LogP contribution < -0.4 is 5.56 Å². The normalized spacial score (nSPS) is 14.0. The van der Waals surface area contributed by atoms with Crippen molar-refractivity contribution >= 4 is 33.8 Å². The van der Waals surface area contributed by atoms with Gasteiger partial charge in [-0.2, -0.15) is 0 Å². The third-order valence-electron chi connectivity index (χ3n) is 5.23. The van der Waals surface area contributed by atoms with Gasteiger partial charge in [0.1, 0.15) is 22.7 Å². The van der Waals surface area contributed by atoms with Crippen molar-refractivity contribution in [1.82, 2.24) is 24.7 Å². The summed E-state index contributed by atoms with van der Waals surface area (Å²) in [6.07, 6.45) is 2.30. The van der Waals surface area contributed by atoms with E-state index in [1.54, 1.807) is 0 Å². The predicted molar refractivity (Wildman–Crippen MR) is 115 cm³/mol. The highest BCUT2D eigenvalue weighted by Gasteiger charge is 2.31. The number of aromatic nitrogens is 5. The van der Waals surface area contributed by atoms with Crippen LogP contribution >= 0.6 is 11.8 Å². The van der Waals surface area contributed by atoms with E-state index in [0.717, 1.165) is 34.9 Å². The van der Waals surface area contributed by atoms with Crippen LogP contribution in [0.4, 0.5) is 0 Å². The number of aromatic amines is 1. The SMILES string of the molecule is O=c1[nH]c(CSc2nnc(C3CC3)n2-c2ccccc2)nc2c1oc1ccccc12. The Bertz CT molecular complexity index is 1430. The van der Waals surface area contributed by atoms with Crippen LogP contribution in [0.25, 0.3) is 27.8 Å². The maximum atomic E-state index is 12.5. The molecule has 0 unspecified atom stereocenters. The highest BCUT2D eigenvalue weighted by atomic mass is 32.2. The summed E-state index contributed by atoms with van der Waals surface area (Å²) in [5.74, 6) is 2.53. The van der Waals surface area contributed by atoms with Crippen LogP contribution in [0.5, 0.6) is 0 Å². The number of furan rings is 1. The molecule has 0 spiro atoms. The van der Waals surface area contributed by atoms with Gasteiger partial charge < -0.3 is 9.40 Å². The number of hydrogen-bond donors (Lipinski definition) is 1. The van der Waals surface area contributed by atoms with Crippen molar-refractivity contribution in [2.75, 3.05) is 0 Å². The molecule has 0 radical (unpaired) electrons. The second-order valence-electron chi connectivity index (χ2n) is 7.36. The topological polar surface area (TPSA) is 89.6 Å². The van der Waals surface area contributed by atoms with Crippen molar-refractivity contribution in [3.8, 4) is 5.69 Å². The zero-order valence-corrected chi connectivity index (χ0v) is 16.7. The summed E-state index contributed by atoms with van der Waals surface area (Å²) in [5.41, 5.74) is 2.29. The Morgan fingerprint density at radius 1 is 1.07 bits per heavy atom. The Labute approximate surface area is 175 Å². The zero-order chi connectivity index (χ0) is 20.1. The number of rotatable bonds is 5. The lowest BCUT2D eigenvalue weighted by atomic mass is 10.2. The summed E-state index contributed by atoms with van der Waals surface area (Å²) in [6, 6.07) is 17.7. The van der Waals surface area contributed by atoms with Gasteiger partial charge in [0.25, 0.3) is 5.56 Å². The first-order valence-electron chi connectivity index (χ1n) is 9.82. The molecule has 2 aromatic carbocycles. The van der Waals surface area contributed by atoms with Crippen LogP contribution in [0.15, 0.2) is 69.0 Å². The fourth-order valence-corrected chi connectivity index (χ4v) is 4.48. The quantitative estimate of drug-likeness (QED) is 0.428. The van der Waals surface area contributed by atoms with E-state index in [1.807, 2.05) is 42.5 Å². The first kappa shape index (κ1) is 17.5. The van der Waals surface area contributed by atoms with Gasteiger partial charge in [-0.05, 0) is 37.1 Å². The Morgan fingerprint density at radius 2 is 1.87 bits per heavy atom. The van der Waals surface area contributed by atoms with E-state index >= 15 is 0 Å². The van der Waals surface area contributed by atoms with Crippen LogP contribution in [-0.4, -0.2) is 24.7 Å². The van der Waals surface area contributed by atoms with Crippen molar-refractivity contribution in [3.05, 3.63) is 76.6 Å². The van der Waals surface area contributed by atoms with Crippen molar-refractivity contribution < 1.29 is 4.42 Å². The Morgan fingerprint density at radius 3 is 2.70 bits per heavy atom. The minimum Gasteiger partial charge on any atom is -0.449 e. The van der Waals surface area contributed by atoms with E-state index < -0.39 is 0 Å². The molecule has 3 heterocycles. The second-order valence-corrected chi connectivity index (χ2v) is 8.31. The molecule has 0 bridgehead atoms. The van der Waals surface area contributed by atoms with Gasteiger partial charge in [-0.25, -0.2) is 4.98 Å². The molecule has 1 fully saturated rings. The van der Waals surface area contributed by atoms with E-state index in [-0.39, 0.29) is 11.1 Å². The number of H-pyrrole nitrogens is 1. The van der Waals surface area contributed by atoms with E-state index in [4.69, 9.17) is 4.42 Å². The fourth-order valence-electron chi connectivity index (χ4n) is 3.65. The van der Waals surface area contributed by atoms with Crippen molar-refractivity contribution in [1.29, 1.82) is 0 Å². The van der Waals surface area contributed by atoms with E-state index in [9.17, 15) is 4.79 Å². The summed E-state index contributed by atoms with van der Waals surface area (Å²) < 4.78 is 7.79. The molecule has 1 aliphatic rings. The maximum Gasteiger partial charge on any atom is 0.294 e. The molecular formula is C22H17N5O2S. The van der Waals surface area contributed by atoms with Crippen LogP contribution in [0.3, 0.4) is 0 Å². The second kappa shape index (κ2) is 6.84. The van der Waals surface area contributed by atoms with Crippen LogP contribution in [0.2, 0.25) is 0 Å². The third kappa shape index (κ3) is 2.91. The van der Waals surface area contributed by atoms with Gasteiger partial charge in [0.05, 0.1) is 5.75 Å². The van der Waals surface area contributed by atoms with Crippen LogP contribution in [-0.2, 0) is 5.75 Å². The average Bonchev–Trinajstić information content (AvgIpc) is 3.42. The minimum atomic E-state index is -0.269. The number of para-hydroxylation sites is 2. The Balaban J connectivity index is 1.37. The Kier molecular flexibility index (Phi) is 3.98. The highest BCUT2D eigenvalue weighted by Crippen LogP contribution is 2.41. The molecule has 1 N–H and O–H groups in total. The molecular weight excluding hydrogens is 398 g/mol. The molecule has 30 heavy (non-hydrogen) atoms. The molecule has 0 atom stereocenters. The molecule has 7 nitrogen and oxygen atoms in total. The Hall–Kier alpha value is -3.39. The van der Waals surface area contributed by atoms with Gasteiger partial charge in [0, 0.05) is 17.0 Å². The molecule has 6 rings (SSSR count). The molecule has 8 heteroatoms. The van der Waals surface area contributed by atoms with E-state index in [0.29, 0.717) is 28.6 Å². The largest absolute Gasteiger partial charge is 0.449 e. The summed E-state index contributed by atoms with van der Waals surface area (Å²) in [4.78, 5) is 20.1. The molecule has 5 aromatic rings. The van der Waals surface area contributed by atoms with Crippen molar-refractivity contribution in [2.24, 2.45) is 0 Å². The first-order valence-corrected chi connectivity index (χ1v) is 10.8. The van der Waals surface area contributed by atoms with Gasteiger partial charge in [-0.1, -0.05) is 42.1 Å². The van der Waals surface area contributed by atoms with Gasteiger partial charge in [-0.3, -0.25) is 9.36 Å². The van der Waals surface area contributed by atoms with Crippen molar-refractivity contribution in [3.63, 3.8) is 0 Å². The van der Waals surface area contributed by atoms with Gasteiger partial charge in [-0.15, -0.1) is 10.2 Å². The summed E-state index contributed by atoms with van der Waals surface area (Å²) in [5, 5.41) is 10.5. The number of fused-ring (bicyclic) bond motifs is 3. The molecule has 1 saturated carbocycles. The molecule has 3 aromatic heterocycles. The summed E-state index contributed by atoms with van der Waals surface area (Å²) >= 11 is 1.51. The number of nitrogens with zero attached hydrogens (tertiary/aromatic N) is 4. The standard InChI is InChI=1S/C22H17N5O2S/c28-21-19-18(15-8-4-5-9-16(15)29-19)23-17(24-21)12-30-22-26-25-20(13-10-11-13)27(22)14-6-2-1-3-7-14/h1-9,13H,10-12H2,(H,23,24,28). The maximum absolute atomic E-state index is 12.5. The molecule has 1 aliphatic carbocycles. The van der Waals surface area contributed by atoms with Crippen LogP contribution in [0, 0.1) is 0 Å². The fraction of sp³-hybridized carbons (Fsp3) is 0.182. The lowest BCUT2D eigenvalue weighted by Crippen LogP contribution is -2.10. The number of hydrogen-bond acceptors (Lipinski definition) is 6. The minimum absolute atomic E-state index is 0.258. The molecule has 148 valence electrons. The number of nitrogens with one attached hydrogen (secondary N) is 1.